The minimum atomic E-state index is -0.0924. The zero-order valence-electron chi connectivity index (χ0n) is 25.5. The Kier molecular flexibility index (Phi) is 6.25. The monoisotopic (exact) mass is 603 g/mol. The Morgan fingerprint density at radius 2 is 0.681 bits per heavy atom. The van der Waals surface area contributed by atoms with Crippen molar-refractivity contribution >= 4 is 32.8 Å². The van der Waals surface area contributed by atoms with E-state index in [2.05, 4.69) is 114 Å². The molecule has 0 aliphatic carbocycles. The van der Waals surface area contributed by atoms with Crippen molar-refractivity contribution in [3.63, 3.8) is 0 Å². The van der Waals surface area contributed by atoms with E-state index in [-0.39, 0.29) is 5.69 Å². The SMILES string of the molecule is O=c1n(-c2ccccc2)c2ccccc2n1-c1cccc(-c2cccc(-c3cccc(-n4c5ccccc5c5ccccc54)c3)c2)c1. The first-order valence-electron chi connectivity index (χ1n) is 15.8. The second-order valence-electron chi connectivity index (χ2n) is 11.8. The van der Waals surface area contributed by atoms with Crippen LogP contribution in [0, 0.1) is 0 Å². The number of rotatable bonds is 5. The predicted molar refractivity (Wildman–Crippen MR) is 194 cm³/mol. The molecule has 0 aliphatic heterocycles. The molecule has 0 atom stereocenters. The Hall–Kier alpha value is -6.39. The molecule has 0 amide bonds. The maximum absolute atomic E-state index is 14.0. The van der Waals surface area contributed by atoms with Crippen LogP contribution in [0.2, 0.25) is 0 Å². The van der Waals surface area contributed by atoms with Gasteiger partial charge in [0.25, 0.3) is 0 Å². The van der Waals surface area contributed by atoms with Gasteiger partial charge in [0.2, 0.25) is 0 Å². The maximum Gasteiger partial charge on any atom is 0.338 e. The highest BCUT2D eigenvalue weighted by molar-refractivity contribution is 6.09. The van der Waals surface area contributed by atoms with Gasteiger partial charge in [-0.25, -0.2) is 4.79 Å². The number of para-hydroxylation sites is 5. The van der Waals surface area contributed by atoms with Crippen LogP contribution in [-0.4, -0.2) is 13.7 Å². The fraction of sp³-hybridized carbons (Fsp3) is 0. The average molecular weight is 604 g/mol. The van der Waals surface area contributed by atoms with Gasteiger partial charge in [-0.1, -0.05) is 109 Å². The number of nitrogens with zero attached hydrogens (tertiary/aromatic N) is 3. The molecule has 9 aromatic rings. The van der Waals surface area contributed by atoms with E-state index in [9.17, 15) is 4.79 Å². The molecule has 0 aliphatic rings. The molecule has 0 saturated heterocycles. The number of hydrogen-bond donors (Lipinski definition) is 0. The zero-order chi connectivity index (χ0) is 31.3. The summed E-state index contributed by atoms with van der Waals surface area (Å²) < 4.78 is 5.95. The number of benzene rings is 7. The van der Waals surface area contributed by atoms with E-state index < -0.39 is 0 Å². The van der Waals surface area contributed by atoms with Gasteiger partial charge in [0, 0.05) is 16.5 Å². The largest absolute Gasteiger partial charge is 0.338 e. The van der Waals surface area contributed by atoms with Crippen molar-refractivity contribution in [3.05, 3.63) is 186 Å². The molecule has 2 aromatic heterocycles. The molecule has 222 valence electrons. The lowest BCUT2D eigenvalue weighted by molar-refractivity contribution is 0.931. The second kappa shape index (κ2) is 10.9. The van der Waals surface area contributed by atoms with E-state index in [1.807, 2.05) is 71.3 Å². The molecule has 0 radical (unpaired) electrons. The van der Waals surface area contributed by atoms with Crippen molar-refractivity contribution in [3.8, 4) is 39.3 Å². The Morgan fingerprint density at radius 1 is 0.298 bits per heavy atom. The topological polar surface area (TPSA) is 31.9 Å². The average Bonchev–Trinajstić information content (AvgIpc) is 3.63. The molecule has 4 nitrogen and oxygen atoms in total. The van der Waals surface area contributed by atoms with Crippen LogP contribution in [0.1, 0.15) is 0 Å². The van der Waals surface area contributed by atoms with Crippen LogP contribution >= 0.6 is 0 Å². The van der Waals surface area contributed by atoms with Gasteiger partial charge >= 0.3 is 5.69 Å². The van der Waals surface area contributed by atoms with Crippen LogP contribution in [0.4, 0.5) is 0 Å². The van der Waals surface area contributed by atoms with Crippen molar-refractivity contribution in [2.45, 2.75) is 0 Å². The first kappa shape index (κ1) is 27.0. The third-order valence-corrected chi connectivity index (χ3v) is 9.08. The van der Waals surface area contributed by atoms with Crippen LogP contribution < -0.4 is 5.69 Å². The van der Waals surface area contributed by atoms with Gasteiger partial charge in [-0.05, 0) is 89.0 Å². The van der Waals surface area contributed by atoms with E-state index >= 15 is 0 Å². The first-order chi connectivity index (χ1) is 23.2. The molecule has 0 bridgehead atoms. The summed E-state index contributed by atoms with van der Waals surface area (Å²) in [6, 6.07) is 60.6. The van der Waals surface area contributed by atoms with E-state index in [1.165, 1.54) is 21.8 Å². The fourth-order valence-electron chi connectivity index (χ4n) is 6.95. The van der Waals surface area contributed by atoms with Crippen LogP contribution in [0.3, 0.4) is 0 Å². The predicted octanol–water partition coefficient (Wildman–Crippen LogP) is 10.2. The molecule has 0 saturated carbocycles. The van der Waals surface area contributed by atoms with Gasteiger partial charge in [0.1, 0.15) is 0 Å². The van der Waals surface area contributed by atoms with E-state index in [1.54, 1.807) is 4.57 Å². The van der Waals surface area contributed by atoms with Gasteiger partial charge < -0.3 is 4.57 Å². The quantitative estimate of drug-likeness (QED) is 0.193. The van der Waals surface area contributed by atoms with Gasteiger partial charge in [-0.2, -0.15) is 0 Å². The zero-order valence-corrected chi connectivity index (χ0v) is 25.5. The molecule has 7 aromatic carbocycles. The summed E-state index contributed by atoms with van der Waals surface area (Å²) in [5, 5.41) is 2.50. The summed E-state index contributed by atoms with van der Waals surface area (Å²) in [5.74, 6) is 0. The lowest BCUT2D eigenvalue weighted by atomic mass is 9.98. The molecule has 2 heterocycles. The highest BCUT2D eigenvalue weighted by Crippen LogP contribution is 2.34. The highest BCUT2D eigenvalue weighted by Gasteiger charge is 2.17. The Bertz CT molecular complexity index is 2600. The van der Waals surface area contributed by atoms with Crippen molar-refractivity contribution in [1.29, 1.82) is 0 Å². The van der Waals surface area contributed by atoms with Gasteiger partial charge in [-0.15, -0.1) is 0 Å². The molecule has 0 fully saturated rings. The summed E-state index contributed by atoms with van der Waals surface area (Å²) in [7, 11) is 0. The third kappa shape index (κ3) is 4.42. The van der Waals surface area contributed by atoms with Crippen molar-refractivity contribution in [2.24, 2.45) is 0 Å². The summed E-state index contributed by atoms with van der Waals surface area (Å²) in [5.41, 5.74) is 11.3. The van der Waals surface area contributed by atoms with Crippen molar-refractivity contribution in [2.75, 3.05) is 0 Å². The lowest BCUT2D eigenvalue weighted by Gasteiger charge is -2.12. The number of hydrogen-bond acceptors (Lipinski definition) is 1. The van der Waals surface area contributed by atoms with E-state index in [0.29, 0.717) is 0 Å². The summed E-state index contributed by atoms with van der Waals surface area (Å²) in [6.45, 7) is 0. The van der Waals surface area contributed by atoms with Crippen molar-refractivity contribution in [1.82, 2.24) is 13.7 Å². The van der Waals surface area contributed by atoms with Gasteiger partial charge in [0.15, 0.2) is 0 Å². The molecule has 4 heteroatoms. The molecule has 0 spiro atoms. The molecule has 47 heavy (non-hydrogen) atoms. The fourth-order valence-corrected chi connectivity index (χ4v) is 6.95. The molecular formula is C43H29N3O. The second-order valence-corrected chi connectivity index (χ2v) is 11.8. The first-order valence-corrected chi connectivity index (χ1v) is 15.8. The molecular weight excluding hydrogens is 574 g/mol. The Balaban J connectivity index is 1.14. The molecule has 0 N–H and O–H groups in total. The van der Waals surface area contributed by atoms with Crippen molar-refractivity contribution < 1.29 is 0 Å². The maximum atomic E-state index is 14.0. The normalized spacial score (nSPS) is 11.5. The number of imidazole rings is 1. The number of aromatic nitrogens is 3. The van der Waals surface area contributed by atoms with Crippen LogP contribution in [0.15, 0.2) is 181 Å². The van der Waals surface area contributed by atoms with Gasteiger partial charge in [-0.3, -0.25) is 9.13 Å². The summed E-state index contributed by atoms with van der Waals surface area (Å²) in [6.07, 6.45) is 0. The van der Waals surface area contributed by atoms with E-state index in [0.717, 1.165) is 50.3 Å². The standard InChI is InChI=1S/C43H29N3O/c47-43-45(34-17-2-1-3-18-34)41-25-8-9-26-42(41)46(43)36-20-12-16-33(29-36)31-14-10-13-30(27-31)32-15-11-19-35(28-32)44-39-23-6-4-21-37(39)38-22-5-7-24-40(38)44/h1-29H. The number of fused-ring (bicyclic) bond motifs is 4. The van der Waals surface area contributed by atoms with E-state index in [4.69, 9.17) is 0 Å². The highest BCUT2D eigenvalue weighted by atomic mass is 16.1. The Morgan fingerprint density at radius 3 is 1.23 bits per heavy atom. The van der Waals surface area contributed by atoms with Crippen LogP contribution in [-0.2, 0) is 0 Å². The minimum Gasteiger partial charge on any atom is -0.309 e. The van der Waals surface area contributed by atoms with Gasteiger partial charge in [0.05, 0.1) is 33.4 Å². The smallest absolute Gasteiger partial charge is 0.309 e. The van der Waals surface area contributed by atoms with Crippen LogP contribution in [0.5, 0.6) is 0 Å². The summed E-state index contributed by atoms with van der Waals surface area (Å²) >= 11 is 0. The molecule has 0 unspecified atom stereocenters. The summed E-state index contributed by atoms with van der Waals surface area (Å²) in [4.78, 5) is 14.0. The minimum absolute atomic E-state index is 0.0924. The third-order valence-electron chi connectivity index (χ3n) is 9.08. The lowest BCUT2D eigenvalue weighted by Crippen LogP contribution is -2.22. The Labute approximate surface area is 271 Å². The van der Waals surface area contributed by atoms with Crippen LogP contribution in [0.25, 0.3) is 72.2 Å². The molecule has 9 rings (SSSR count).